The number of hydrogen-bond donors (Lipinski definition) is 0. The van der Waals surface area contributed by atoms with E-state index in [1.54, 1.807) is 0 Å². The zero-order valence-corrected chi connectivity index (χ0v) is 11.3. The molecule has 0 amide bonds. The molecule has 0 aliphatic heterocycles. The average Bonchev–Trinajstić information content (AvgIpc) is 2.27. The second-order valence-electron chi connectivity index (χ2n) is 5.86. The maximum absolute atomic E-state index is 4.06. The molecule has 1 rings (SSSR count). The Morgan fingerprint density at radius 3 is 2.19 bits per heavy atom. The fraction of sp³-hybridized carbons (Fsp3) is 0.667. The Hall–Kier alpha value is -0.850. The van der Waals surface area contributed by atoms with E-state index in [-0.39, 0.29) is 0 Å². The van der Waals surface area contributed by atoms with Crippen LogP contribution in [0.4, 0.5) is 0 Å². The fourth-order valence-electron chi connectivity index (χ4n) is 1.74. The Balaban J connectivity index is 2.51. The highest BCUT2D eigenvalue weighted by Crippen LogP contribution is 2.34. The lowest BCUT2D eigenvalue weighted by atomic mass is 9.75. The zero-order chi connectivity index (χ0) is 12.2. The van der Waals surface area contributed by atoms with E-state index in [1.807, 2.05) is 12.4 Å². The van der Waals surface area contributed by atoms with Crippen molar-refractivity contribution in [2.45, 2.75) is 53.4 Å². The molecule has 1 nitrogen and oxygen atoms in total. The van der Waals surface area contributed by atoms with E-state index in [4.69, 9.17) is 0 Å². The Morgan fingerprint density at radius 1 is 1.12 bits per heavy atom. The van der Waals surface area contributed by atoms with E-state index in [0.717, 1.165) is 5.92 Å². The van der Waals surface area contributed by atoms with Gasteiger partial charge in [0.25, 0.3) is 0 Å². The summed E-state index contributed by atoms with van der Waals surface area (Å²) < 4.78 is 0. The van der Waals surface area contributed by atoms with Gasteiger partial charge in [-0.3, -0.25) is 4.98 Å². The van der Waals surface area contributed by atoms with Crippen LogP contribution in [0.2, 0.25) is 0 Å². The second kappa shape index (κ2) is 5.47. The monoisotopic (exact) mass is 219 g/mol. The van der Waals surface area contributed by atoms with Crippen molar-refractivity contribution in [1.82, 2.24) is 4.98 Å². The number of hydrogen-bond acceptors (Lipinski definition) is 1. The molecule has 1 heteroatoms. The number of aromatic nitrogens is 1. The Bertz CT molecular complexity index is 300. The smallest absolute Gasteiger partial charge is 0.0270 e. The van der Waals surface area contributed by atoms with E-state index in [2.05, 4.69) is 51.7 Å². The van der Waals surface area contributed by atoms with Gasteiger partial charge in [0.15, 0.2) is 0 Å². The van der Waals surface area contributed by atoms with Crippen LogP contribution in [0.15, 0.2) is 24.5 Å². The van der Waals surface area contributed by atoms with Crippen molar-refractivity contribution in [3.63, 3.8) is 0 Å². The summed E-state index contributed by atoms with van der Waals surface area (Å²) >= 11 is 0. The summed E-state index contributed by atoms with van der Waals surface area (Å²) in [6.45, 7) is 11.7. The van der Waals surface area contributed by atoms with Gasteiger partial charge in [-0.15, -0.1) is 0 Å². The Kier molecular flexibility index (Phi) is 4.52. The molecule has 0 saturated heterocycles. The van der Waals surface area contributed by atoms with Gasteiger partial charge < -0.3 is 0 Å². The largest absolute Gasteiger partial charge is 0.265 e. The van der Waals surface area contributed by atoms with Crippen LogP contribution in [0.3, 0.4) is 0 Å². The molecule has 1 atom stereocenters. The minimum Gasteiger partial charge on any atom is -0.265 e. The highest BCUT2D eigenvalue weighted by molar-refractivity contribution is 5.14. The predicted octanol–water partition coefficient (Wildman–Crippen LogP) is 4.65. The summed E-state index contributed by atoms with van der Waals surface area (Å²) in [5.74, 6) is 1.39. The van der Waals surface area contributed by atoms with Gasteiger partial charge in [-0.25, -0.2) is 0 Å². The van der Waals surface area contributed by atoms with Crippen LogP contribution in [-0.2, 0) is 0 Å². The average molecular weight is 219 g/mol. The van der Waals surface area contributed by atoms with Crippen molar-refractivity contribution >= 4 is 0 Å². The molecule has 1 aromatic rings. The summed E-state index contributed by atoms with van der Waals surface area (Å²) in [4.78, 5) is 4.06. The fourth-order valence-corrected chi connectivity index (χ4v) is 1.74. The molecular formula is C15H25N. The van der Waals surface area contributed by atoms with Gasteiger partial charge in [-0.05, 0) is 47.8 Å². The lowest BCUT2D eigenvalue weighted by Crippen LogP contribution is -2.19. The van der Waals surface area contributed by atoms with Crippen molar-refractivity contribution in [3.05, 3.63) is 30.1 Å². The highest BCUT2D eigenvalue weighted by atomic mass is 14.6. The van der Waals surface area contributed by atoms with Crippen molar-refractivity contribution in [3.8, 4) is 0 Å². The third-order valence-electron chi connectivity index (χ3n) is 4.06. The third-order valence-corrected chi connectivity index (χ3v) is 4.06. The maximum atomic E-state index is 4.06. The van der Waals surface area contributed by atoms with Gasteiger partial charge in [0.05, 0.1) is 0 Å². The van der Waals surface area contributed by atoms with Crippen LogP contribution < -0.4 is 0 Å². The van der Waals surface area contributed by atoms with Gasteiger partial charge in [0, 0.05) is 12.4 Å². The van der Waals surface area contributed by atoms with Crippen LogP contribution in [0.25, 0.3) is 0 Å². The van der Waals surface area contributed by atoms with Crippen molar-refractivity contribution in [1.29, 1.82) is 0 Å². The second-order valence-corrected chi connectivity index (χ2v) is 5.86. The molecule has 0 spiro atoms. The minimum absolute atomic E-state index is 0.446. The molecule has 1 aromatic heterocycles. The van der Waals surface area contributed by atoms with Gasteiger partial charge in [0.2, 0.25) is 0 Å². The normalized spacial score (nSPS) is 14.1. The van der Waals surface area contributed by atoms with Crippen LogP contribution in [0, 0.1) is 11.3 Å². The van der Waals surface area contributed by atoms with Gasteiger partial charge in [-0.1, -0.05) is 34.6 Å². The van der Waals surface area contributed by atoms with E-state index in [0.29, 0.717) is 11.3 Å². The van der Waals surface area contributed by atoms with E-state index in [9.17, 15) is 0 Å². The summed E-state index contributed by atoms with van der Waals surface area (Å²) in [6.07, 6.45) is 6.32. The Labute approximate surface area is 100 Å². The first-order chi connectivity index (χ1) is 7.43. The molecule has 16 heavy (non-hydrogen) atoms. The minimum atomic E-state index is 0.446. The molecule has 90 valence electrons. The lowest BCUT2D eigenvalue weighted by molar-refractivity contribution is 0.218. The first-order valence-electron chi connectivity index (χ1n) is 6.33. The molecule has 1 unspecified atom stereocenters. The molecule has 1 heterocycles. The molecule has 0 bridgehead atoms. The van der Waals surface area contributed by atoms with Gasteiger partial charge in [0.1, 0.15) is 0 Å². The molecule has 0 aliphatic rings. The summed E-state index contributed by atoms with van der Waals surface area (Å²) in [7, 11) is 0. The molecule has 0 radical (unpaired) electrons. The standard InChI is InChI=1S/C15H25N/c1-12(2)15(4,5)9-6-13(3)14-7-10-16-11-8-14/h7-8,10-13H,6,9H2,1-5H3. The third kappa shape index (κ3) is 3.62. The zero-order valence-electron chi connectivity index (χ0n) is 11.3. The molecular weight excluding hydrogens is 194 g/mol. The van der Waals surface area contributed by atoms with Crippen molar-refractivity contribution in [2.24, 2.45) is 11.3 Å². The molecule has 0 aromatic carbocycles. The summed E-state index contributed by atoms with van der Waals surface area (Å²) in [5, 5.41) is 0. The quantitative estimate of drug-likeness (QED) is 0.702. The van der Waals surface area contributed by atoms with Crippen LogP contribution in [-0.4, -0.2) is 4.98 Å². The molecule has 0 aliphatic carbocycles. The topological polar surface area (TPSA) is 12.9 Å². The SMILES string of the molecule is CC(CCC(C)(C)C(C)C)c1ccncc1. The number of pyridine rings is 1. The van der Waals surface area contributed by atoms with Gasteiger partial charge >= 0.3 is 0 Å². The van der Waals surface area contributed by atoms with Crippen molar-refractivity contribution < 1.29 is 0 Å². The van der Waals surface area contributed by atoms with Crippen LogP contribution in [0.1, 0.15) is 58.9 Å². The predicted molar refractivity (Wildman–Crippen MR) is 70.5 cm³/mol. The van der Waals surface area contributed by atoms with Crippen molar-refractivity contribution in [2.75, 3.05) is 0 Å². The first kappa shape index (κ1) is 13.2. The van der Waals surface area contributed by atoms with E-state index < -0.39 is 0 Å². The Morgan fingerprint density at radius 2 is 1.69 bits per heavy atom. The van der Waals surface area contributed by atoms with E-state index >= 15 is 0 Å². The van der Waals surface area contributed by atoms with Crippen LogP contribution in [0.5, 0.6) is 0 Å². The number of nitrogens with zero attached hydrogens (tertiary/aromatic N) is 1. The van der Waals surface area contributed by atoms with Crippen LogP contribution >= 0.6 is 0 Å². The molecule has 0 saturated carbocycles. The summed E-state index contributed by atoms with van der Waals surface area (Å²) in [6, 6.07) is 4.26. The van der Waals surface area contributed by atoms with Gasteiger partial charge in [-0.2, -0.15) is 0 Å². The highest BCUT2D eigenvalue weighted by Gasteiger charge is 2.22. The first-order valence-corrected chi connectivity index (χ1v) is 6.33. The summed E-state index contributed by atoms with van der Waals surface area (Å²) in [5.41, 5.74) is 1.86. The molecule has 0 N–H and O–H groups in total. The van der Waals surface area contributed by atoms with E-state index in [1.165, 1.54) is 18.4 Å². The number of rotatable bonds is 5. The lowest BCUT2D eigenvalue weighted by Gasteiger charge is -2.30. The molecule has 0 fully saturated rings. The maximum Gasteiger partial charge on any atom is 0.0270 e.